The number of imidazole rings is 1. The van der Waals surface area contributed by atoms with E-state index in [1.807, 2.05) is 0 Å². The molecule has 3 rings (SSSR count). The molecular formula is C19H19F4N5O2. The molecule has 7 nitrogen and oxygen atoms in total. The highest BCUT2D eigenvalue weighted by molar-refractivity contribution is 5.92. The molecule has 1 amide bonds. The number of carbonyl (C=O) groups excluding carboxylic acids is 1. The van der Waals surface area contributed by atoms with E-state index in [0.717, 1.165) is 24.5 Å². The molecular weight excluding hydrogens is 406 g/mol. The van der Waals surface area contributed by atoms with Crippen molar-refractivity contribution >= 4 is 16.9 Å². The fourth-order valence-electron chi connectivity index (χ4n) is 3.02. The average molecular weight is 425 g/mol. The van der Waals surface area contributed by atoms with E-state index in [2.05, 4.69) is 20.3 Å². The number of aliphatic hydroxyl groups is 1. The van der Waals surface area contributed by atoms with Crippen LogP contribution >= 0.6 is 0 Å². The number of aryl methyl sites for hydroxylation is 1. The van der Waals surface area contributed by atoms with Crippen molar-refractivity contribution in [1.82, 2.24) is 24.8 Å². The largest absolute Gasteiger partial charge is 0.388 e. The van der Waals surface area contributed by atoms with Gasteiger partial charge in [-0.1, -0.05) is 0 Å². The third-order valence-corrected chi connectivity index (χ3v) is 4.50. The zero-order valence-electron chi connectivity index (χ0n) is 16.3. The number of hydrogen-bond acceptors (Lipinski definition) is 5. The first-order chi connectivity index (χ1) is 14.0. The molecule has 0 aliphatic heterocycles. The number of alkyl halides is 2. The van der Waals surface area contributed by atoms with E-state index in [-0.39, 0.29) is 22.6 Å². The smallest absolute Gasteiger partial charge is 0.281 e. The number of rotatable bonds is 6. The predicted molar refractivity (Wildman–Crippen MR) is 98.8 cm³/mol. The van der Waals surface area contributed by atoms with E-state index in [1.54, 1.807) is 6.92 Å². The summed E-state index contributed by atoms with van der Waals surface area (Å²) in [5, 5.41) is 13.2. The normalized spacial score (nSPS) is 13.1. The van der Waals surface area contributed by atoms with Crippen LogP contribution in [0.25, 0.3) is 11.0 Å². The van der Waals surface area contributed by atoms with Crippen LogP contribution in [0.3, 0.4) is 0 Å². The zero-order chi connectivity index (χ0) is 22.2. The highest BCUT2D eigenvalue weighted by Crippen LogP contribution is 2.29. The highest BCUT2D eigenvalue weighted by Gasteiger charge is 2.35. The van der Waals surface area contributed by atoms with Gasteiger partial charge in [0.2, 0.25) is 0 Å². The maximum absolute atomic E-state index is 13.7. The summed E-state index contributed by atoms with van der Waals surface area (Å²) < 4.78 is 54.2. The summed E-state index contributed by atoms with van der Waals surface area (Å²) >= 11 is 0. The van der Waals surface area contributed by atoms with Crippen LogP contribution in [0.5, 0.6) is 0 Å². The van der Waals surface area contributed by atoms with Gasteiger partial charge in [-0.05, 0) is 20.8 Å². The minimum absolute atomic E-state index is 0.148. The highest BCUT2D eigenvalue weighted by atomic mass is 19.3. The van der Waals surface area contributed by atoms with Gasteiger partial charge in [0.05, 0.1) is 29.0 Å². The van der Waals surface area contributed by atoms with Crippen molar-refractivity contribution in [2.45, 2.75) is 45.4 Å². The van der Waals surface area contributed by atoms with E-state index in [1.165, 1.54) is 18.4 Å². The molecule has 0 fully saturated rings. The minimum atomic E-state index is -2.83. The standard InChI is InChI=1S/C19H19F4N5O2/c1-4-28-14-6-10(21)9(20)5-11(14)26-17(28)15(19(2,3)30)27-18(29)13-8-24-12(7-25-13)16(22)23/h5-8,15-16,30H,4H2,1-3H3,(H,27,29)/t15-/m1/s1. The quantitative estimate of drug-likeness (QED) is 0.591. The molecule has 2 N–H and O–H groups in total. The summed E-state index contributed by atoms with van der Waals surface area (Å²) in [5.41, 5.74) is -1.93. The summed E-state index contributed by atoms with van der Waals surface area (Å²) in [6, 6.07) is 0.806. The third kappa shape index (κ3) is 4.11. The number of benzene rings is 1. The number of carbonyl (C=O) groups is 1. The van der Waals surface area contributed by atoms with Crippen LogP contribution < -0.4 is 5.32 Å². The van der Waals surface area contributed by atoms with Gasteiger partial charge in [0.1, 0.15) is 23.3 Å². The Balaban J connectivity index is 2.02. The van der Waals surface area contributed by atoms with Crippen molar-refractivity contribution in [2.75, 3.05) is 0 Å². The maximum Gasteiger partial charge on any atom is 0.281 e. The number of fused-ring (bicyclic) bond motifs is 1. The maximum atomic E-state index is 13.7. The van der Waals surface area contributed by atoms with Gasteiger partial charge in [0.25, 0.3) is 12.3 Å². The van der Waals surface area contributed by atoms with Gasteiger partial charge < -0.3 is 15.0 Å². The summed E-state index contributed by atoms with van der Waals surface area (Å²) in [6.07, 6.45) is -1.15. The molecule has 3 aromatic rings. The van der Waals surface area contributed by atoms with Crippen molar-refractivity contribution < 1.29 is 27.5 Å². The number of halogens is 4. The van der Waals surface area contributed by atoms with Gasteiger partial charge in [0, 0.05) is 18.7 Å². The molecule has 0 radical (unpaired) electrons. The van der Waals surface area contributed by atoms with Gasteiger partial charge in [-0.3, -0.25) is 9.78 Å². The first-order valence-corrected chi connectivity index (χ1v) is 9.01. The lowest BCUT2D eigenvalue weighted by atomic mass is 9.97. The zero-order valence-corrected chi connectivity index (χ0v) is 16.3. The Labute approximate surface area is 168 Å². The first-order valence-electron chi connectivity index (χ1n) is 9.01. The number of hydrogen-bond donors (Lipinski definition) is 2. The van der Waals surface area contributed by atoms with Gasteiger partial charge in [0.15, 0.2) is 11.6 Å². The second-order valence-corrected chi connectivity index (χ2v) is 7.16. The molecule has 1 atom stereocenters. The molecule has 11 heteroatoms. The van der Waals surface area contributed by atoms with E-state index < -0.39 is 41.3 Å². The molecule has 0 unspecified atom stereocenters. The topological polar surface area (TPSA) is 92.9 Å². The van der Waals surface area contributed by atoms with E-state index in [4.69, 9.17) is 0 Å². The van der Waals surface area contributed by atoms with Crippen LogP contribution in [0.15, 0.2) is 24.5 Å². The Morgan fingerprint density at radius 2 is 1.87 bits per heavy atom. The Morgan fingerprint density at radius 1 is 1.20 bits per heavy atom. The third-order valence-electron chi connectivity index (χ3n) is 4.50. The molecule has 0 aliphatic carbocycles. The molecule has 2 aromatic heterocycles. The van der Waals surface area contributed by atoms with Crippen LogP contribution in [-0.4, -0.2) is 36.1 Å². The summed E-state index contributed by atoms with van der Waals surface area (Å²) in [7, 11) is 0. The molecule has 0 saturated carbocycles. The first kappa shape index (κ1) is 21.6. The summed E-state index contributed by atoms with van der Waals surface area (Å²) in [6.45, 7) is 4.87. The predicted octanol–water partition coefficient (Wildman–Crippen LogP) is 3.30. The van der Waals surface area contributed by atoms with Crippen molar-refractivity contribution in [3.05, 3.63) is 53.4 Å². The molecule has 30 heavy (non-hydrogen) atoms. The Bertz CT molecular complexity index is 1080. The van der Waals surface area contributed by atoms with Crippen LogP contribution in [-0.2, 0) is 6.54 Å². The molecule has 0 bridgehead atoms. The van der Waals surface area contributed by atoms with Crippen molar-refractivity contribution in [3.63, 3.8) is 0 Å². The Hall–Kier alpha value is -3.08. The Morgan fingerprint density at radius 3 is 2.40 bits per heavy atom. The molecule has 2 heterocycles. The average Bonchev–Trinajstić information content (AvgIpc) is 3.02. The monoisotopic (exact) mass is 425 g/mol. The van der Waals surface area contributed by atoms with Crippen molar-refractivity contribution in [1.29, 1.82) is 0 Å². The SMILES string of the molecule is CCn1c([C@@H](NC(=O)c2cnc(C(F)F)cn2)C(C)(C)O)nc2cc(F)c(F)cc21. The number of nitrogens with one attached hydrogen (secondary N) is 1. The molecule has 1 aromatic carbocycles. The van der Waals surface area contributed by atoms with E-state index in [9.17, 15) is 27.5 Å². The number of aromatic nitrogens is 4. The Kier molecular flexibility index (Phi) is 5.75. The van der Waals surface area contributed by atoms with Crippen LogP contribution in [0.1, 0.15) is 55.2 Å². The van der Waals surface area contributed by atoms with Crippen LogP contribution in [0.4, 0.5) is 17.6 Å². The fourth-order valence-corrected chi connectivity index (χ4v) is 3.02. The summed E-state index contributed by atoms with van der Waals surface area (Å²) in [4.78, 5) is 24.1. The lowest BCUT2D eigenvalue weighted by Gasteiger charge is -2.30. The minimum Gasteiger partial charge on any atom is -0.388 e. The van der Waals surface area contributed by atoms with Gasteiger partial charge >= 0.3 is 0 Å². The van der Waals surface area contributed by atoms with E-state index in [0.29, 0.717) is 6.54 Å². The lowest BCUT2D eigenvalue weighted by Crippen LogP contribution is -2.43. The van der Waals surface area contributed by atoms with Gasteiger partial charge in [-0.15, -0.1) is 0 Å². The molecule has 0 spiro atoms. The van der Waals surface area contributed by atoms with Gasteiger partial charge in [-0.25, -0.2) is 27.5 Å². The van der Waals surface area contributed by atoms with Crippen LogP contribution in [0.2, 0.25) is 0 Å². The summed E-state index contributed by atoms with van der Waals surface area (Å²) in [5.74, 6) is -2.76. The second-order valence-electron chi connectivity index (χ2n) is 7.16. The second kappa shape index (κ2) is 7.98. The lowest BCUT2D eigenvalue weighted by molar-refractivity contribution is 0.0305. The molecule has 0 aliphatic rings. The fraction of sp³-hybridized carbons (Fsp3) is 0.368. The van der Waals surface area contributed by atoms with Crippen molar-refractivity contribution in [3.8, 4) is 0 Å². The number of amides is 1. The van der Waals surface area contributed by atoms with Crippen molar-refractivity contribution in [2.24, 2.45) is 0 Å². The number of nitrogens with zero attached hydrogens (tertiary/aromatic N) is 4. The van der Waals surface area contributed by atoms with Crippen LogP contribution in [0, 0.1) is 11.6 Å². The molecule has 160 valence electrons. The van der Waals surface area contributed by atoms with Gasteiger partial charge in [-0.2, -0.15) is 0 Å². The van der Waals surface area contributed by atoms with E-state index >= 15 is 0 Å². The molecule has 0 saturated heterocycles.